The van der Waals surface area contributed by atoms with Gasteiger partial charge in [-0.3, -0.25) is 4.99 Å². The fourth-order valence-electron chi connectivity index (χ4n) is 0.671. The summed E-state index contributed by atoms with van der Waals surface area (Å²) in [6.07, 6.45) is 2.82. The van der Waals surface area contributed by atoms with Crippen LogP contribution in [0.4, 0.5) is 0 Å². The van der Waals surface area contributed by atoms with Gasteiger partial charge >= 0.3 is 0 Å². The lowest BCUT2D eigenvalue weighted by Gasteiger charge is -1.92. The Morgan fingerprint density at radius 3 is 2.50 bits per heavy atom. The predicted octanol–water partition coefficient (Wildman–Crippen LogP) is 2.36. The van der Waals surface area contributed by atoms with Crippen molar-refractivity contribution in [3.05, 3.63) is 4.91 Å². The lowest BCUT2D eigenvalue weighted by molar-refractivity contribution is 0.827. The fourth-order valence-corrected chi connectivity index (χ4v) is 0.671. The number of unbranched alkanes of at least 4 members (excludes halogenated alkanes) is 1. The molecule has 0 unspecified atom stereocenters. The second-order valence-corrected chi connectivity index (χ2v) is 2.09. The van der Waals surface area contributed by atoms with Crippen molar-refractivity contribution in [1.29, 1.82) is 0 Å². The molecule has 0 rings (SSSR count). The summed E-state index contributed by atoms with van der Waals surface area (Å²) in [6.45, 7) is 4.64. The number of nitroso groups, excluding NO2 is 1. The Morgan fingerprint density at radius 2 is 2.10 bits per heavy atom. The third-order valence-corrected chi connectivity index (χ3v) is 1.20. The number of hydrogen-bond acceptors (Lipinski definition) is 2. The molecule has 0 amide bonds. The molecular weight excluding hydrogens is 128 g/mol. The fraction of sp³-hybridized carbons (Fsp3) is 0.857. The van der Waals surface area contributed by atoms with Crippen molar-refractivity contribution in [1.82, 2.24) is 0 Å². The molecule has 0 spiro atoms. The minimum absolute atomic E-state index is 0.462. The summed E-state index contributed by atoms with van der Waals surface area (Å²) < 4.78 is 0. The van der Waals surface area contributed by atoms with Gasteiger partial charge in [-0.2, -0.15) is 0 Å². The highest BCUT2D eigenvalue weighted by Crippen LogP contribution is 1.97. The maximum atomic E-state index is 10.0. The quantitative estimate of drug-likeness (QED) is 0.337. The van der Waals surface area contributed by atoms with E-state index in [1.807, 2.05) is 6.92 Å². The zero-order chi connectivity index (χ0) is 7.82. The zero-order valence-electron chi connectivity index (χ0n) is 6.63. The highest BCUT2D eigenvalue weighted by molar-refractivity contribution is 5.82. The molecule has 3 heteroatoms. The third-order valence-electron chi connectivity index (χ3n) is 1.20. The monoisotopic (exact) mass is 142 g/mol. The van der Waals surface area contributed by atoms with Crippen LogP contribution in [0.15, 0.2) is 10.2 Å². The van der Waals surface area contributed by atoms with E-state index in [0.29, 0.717) is 12.4 Å². The van der Waals surface area contributed by atoms with Crippen molar-refractivity contribution in [2.24, 2.45) is 10.2 Å². The molecule has 0 aliphatic rings. The van der Waals surface area contributed by atoms with E-state index >= 15 is 0 Å². The van der Waals surface area contributed by atoms with E-state index in [-0.39, 0.29) is 0 Å². The average molecular weight is 142 g/mol. The Bertz CT molecular complexity index is 121. The van der Waals surface area contributed by atoms with Crippen LogP contribution in [0.1, 0.15) is 33.1 Å². The highest BCUT2D eigenvalue weighted by Gasteiger charge is 1.94. The van der Waals surface area contributed by atoms with Crippen molar-refractivity contribution in [3.63, 3.8) is 0 Å². The first-order valence-corrected chi connectivity index (χ1v) is 3.71. The van der Waals surface area contributed by atoms with Gasteiger partial charge in [-0.15, -0.1) is 4.91 Å². The van der Waals surface area contributed by atoms with Crippen LogP contribution in [0.5, 0.6) is 0 Å². The predicted molar refractivity (Wildman–Crippen MR) is 43.3 cm³/mol. The van der Waals surface area contributed by atoms with Gasteiger partial charge in [-0.25, -0.2) is 0 Å². The van der Waals surface area contributed by atoms with Gasteiger partial charge in [0.15, 0.2) is 5.84 Å². The first-order valence-electron chi connectivity index (χ1n) is 3.71. The normalized spacial score (nSPS) is 11.6. The zero-order valence-corrected chi connectivity index (χ0v) is 6.63. The molecule has 0 heterocycles. The standard InChI is InChI=1S/C7H14N2O/c1-3-5-6-7(9-10)8-4-2/h3-6H2,1-2H3. The molecule has 0 radical (unpaired) electrons. The Labute approximate surface area is 61.5 Å². The van der Waals surface area contributed by atoms with E-state index < -0.39 is 0 Å². The van der Waals surface area contributed by atoms with Gasteiger partial charge < -0.3 is 0 Å². The molecule has 0 aromatic carbocycles. The molecule has 0 aliphatic carbocycles. The van der Waals surface area contributed by atoms with E-state index in [1.54, 1.807) is 0 Å². The molecule has 0 saturated heterocycles. The maximum absolute atomic E-state index is 10.0. The Hall–Kier alpha value is -0.730. The van der Waals surface area contributed by atoms with E-state index in [2.05, 4.69) is 17.1 Å². The van der Waals surface area contributed by atoms with Gasteiger partial charge in [0.1, 0.15) is 0 Å². The largest absolute Gasteiger partial charge is 0.268 e. The molecule has 0 fully saturated rings. The molecule has 0 atom stereocenters. The van der Waals surface area contributed by atoms with Gasteiger partial charge in [0.25, 0.3) is 0 Å². The van der Waals surface area contributed by atoms with Gasteiger partial charge in [0.2, 0.25) is 0 Å². The van der Waals surface area contributed by atoms with Crippen LogP contribution in [0.25, 0.3) is 0 Å². The molecular formula is C7H14N2O. The summed E-state index contributed by atoms with van der Waals surface area (Å²) in [5, 5.41) is 2.82. The van der Waals surface area contributed by atoms with Crippen molar-refractivity contribution < 1.29 is 0 Å². The van der Waals surface area contributed by atoms with Crippen molar-refractivity contribution in [2.75, 3.05) is 6.54 Å². The number of aliphatic imine (C=N–C) groups is 1. The SMILES string of the molecule is CCCCC(N=O)=NCC. The second-order valence-electron chi connectivity index (χ2n) is 2.09. The van der Waals surface area contributed by atoms with E-state index in [0.717, 1.165) is 19.3 Å². The topological polar surface area (TPSA) is 41.8 Å². The van der Waals surface area contributed by atoms with Crippen LogP contribution in [0, 0.1) is 4.91 Å². The summed E-state index contributed by atoms with van der Waals surface area (Å²) in [5.74, 6) is 0.462. The summed E-state index contributed by atoms with van der Waals surface area (Å²) in [4.78, 5) is 13.9. The molecule has 3 nitrogen and oxygen atoms in total. The number of nitrogens with zero attached hydrogens (tertiary/aromatic N) is 2. The summed E-state index contributed by atoms with van der Waals surface area (Å²) in [5.41, 5.74) is 0. The van der Waals surface area contributed by atoms with Gasteiger partial charge in [-0.1, -0.05) is 13.3 Å². The van der Waals surface area contributed by atoms with Crippen LogP contribution in [-0.4, -0.2) is 12.4 Å². The first kappa shape index (κ1) is 9.27. The number of amidine groups is 1. The van der Waals surface area contributed by atoms with Crippen LogP contribution >= 0.6 is 0 Å². The summed E-state index contributed by atoms with van der Waals surface area (Å²) in [7, 11) is 0. The first-order chi connectivity index (χ1) is 4.85. The maximum Gasteiger partial charge on any atom is 0.168 e. The molecule has 0 bridgehead atoms. The van der Waals surface area contributed by atoms with E-state index in [1.165, 1.54) is 0 Å². The van der Waals surface area contributed by atoms with Gasteiger partial charge in [-0.05, 0) is 18.5 Å². The minimum atomic E-state index is 0.462. The Kier molecular flexibility index (Phi) is 5.92. The van der Waals surface area contributed by atoms with Crippen molar-refractivity contribution in [3.8, 4) is 0 Å². The lowest BCUT2D eigenvalue weighted by Crippen LogP contribution is -1.93. The molecule has 0 saturated carbocycles. The Morgan fingerprint density at radius 1 is 1.40 bits per heavy atom. The number of hydrogen-bond donors (Lipinski definition) is 0. The van der Waals surface area contributed by atoms with E-state index in [9.17, 15) is 4.91 Å². The molecule has 10 heavy (non-hydrogen) atoms. The molecule has 58 valence electrons. The van der Waals surface area contributed by atoms with Crippen LogP contribution in [0.3, 0.4) is 0 Å². The van der Waals surface area contributed by atoms with Crippen molar-refractivity contribution in [2.45, 2.75) is 33.1 Å². The second kappa shape index (κ2) is 6.39. The van der Waals surface area contributed by atoms with Crippen LogP contribution in [-0.2, 0) is 0 Å². The number of rotatable bonds is 4. The molecule has 0 aliphatic heterocycles. The molecule has 0 N–H and O–H groups in total. The van der Waals surface area contributed by atoms with Crippen LogP contribution in [0.2, 0.25) is 0 Å². The Balaban J connectivity index is 3.60. The van der Waals surface area contributed by atoms with Crippen LogP contribution < -0.4 is 0 Å². The smallest absolute Gasteiger partial charge is 0.168 e. The van der Waals surface area contributed by atoms with Gasteiger partial charge in [0.05, 0.1) is 0 Å². The highest BCUT2D eigenvalue weighted by atomic mass is 16.3. The molecule has 0 aromatic rings. The minimum Gasteiger partial charge on any atom is -0.268 e. The summed E-state index contributed by atoms with van der Waals surface area (Å²) in [6, 6.07) is 0. The van der Waals surface area contributed by atoms with E-state index in [4.69, 9.17) is 0 Å². The third kappa shape index (κ3) is 4.18. The van der Waals surface area contributed by atoms with Crippen molar-refractivity contribution >= 4 is 5.84 Å². The summed E-state index contributed by atoms with van der Waals surface area (Å²) >= 11 is 0. The van der Waals surface area contributed by atoms with Gasteiger partial charge in [0, 0.05) is 13.0 Å². The average Bonchev–Trinajstić information content (AvgIpc) is 1.98. The molecule has 0 aromatic heterocycles. The lowest BCUT2D eigenvalue weighted by atomic mass is 10.2.